The van der Waals surface area contributed by atoms with E-state index in [0.29, 0.717) is 31.2 Å². The van der Waals surface area contributed by atoms with Gasteiger partial charge in [-0.2, -0.15) is 5.10 Å². The van der Waals surface area contributed by atoms with Crippen LogP contribution >= 0.6 is 0 Å². The van der Waals surface area contributed by atoms with E-state index in [4.69, 9.17) is 9.47 Å². The van der Waals surface area contributed by atoms with Crippen molar-refractivity contribution in [1.82, 2.24) is 24.6 Å². The van der Waals surface area contributed by atoms with Crippen LogP contribution in [0.5, 0.6) is 11.5 Å². The standard InChI is InChI=1S/C21H25N7O3/c1-26-20-16(12-24-26)21(23-14-22-20)28-7-5-27(6-8-28)13-19(29)25-15-3-4-17-18(11-15)31-10-2-9-30-17/h3-4,11-12,14H,2,5-10,13H2,1H3,(H,25,29). The molecule has 0 radical (unpaired) electrons. The number of ether oxygens (including phenoxy) is 2. The maximum absolute atomic E-state index is 12.6. The van der Waals surface area contributed by atoms with E-state index in [1.807, 2.05) is 25.2 Å². The van der Waals surface area contributed by atoms with Crippen molar-refractivity contribution in [2.75, 3.05) is 56.2 Å². The van der Waals surface area contributed by atoms with E-state index in [1.54, 1.807) is 17.2 Å². The second kappa shape index (κ2) is 8.38. The fraction of sp³-hybridized carbons (Fsp3) is 0.429. The van der Waals surface area contributed by atoms with Crippen LogP contribution in [0.2, 0.25) is 0 Å². The minimum atomic E-state index is -0.0420. The Morgan fingerprint density at radius 2 is 1.90 bits per heavy atom. The average Bonchev–Trinajstić information content (AvgIpc) is 3.01. The molecule has 2 aliphatic rings. The third-order valence-corrected chi connectivity index (χ3v) is 5.58. The minimum absolute atomic E-state index is 0.0420. The van der Waals surface area contributed by atoms with Gasteiger partial charge in [-0.25, -0.2) is 9.97 Å². The van der Waals surface area contributed by atoms with Gasteiger partial charge in [0, 0.05) is 51.4 Å². The number of aryl methyl sites for hydroxylation is 1. The molecule has 2 aliphatic heterocycles. The molecule has 2 aromatic heterocycles. The molecule has 10 nitrogen and oxygen atoms in total. The number of hydrogen-bond acceptors (Lipinski definition) is 8. The van der Waals surface area contributed by atoms with Crippen molar-refractivity contribution >= 4 is 28.4 Å². The topological polar surface area (TPSA) is 97.6 Å². The molecular formula is C21H25N7O3. The fourth-order valence-electron chi connectivity index (χ4n) is 3.96. The number of amides is 1. The second-order valence-electron chi connectivity index (χ2n) is 7.73. The largest absolute Gasteiger partial charge is 0.490 e. The number of hydrogen-bond donors (Lipinski definition) is 1. The van der Waals surface area contributed by atoms with E-state index in [9.17, 15) is 4.79 Å². The van der Waals surface area contributed by atoms with Crippen molar-refractivity contribution in [3.63, 3.8) is 0 Å². The third-order valence-electron chi connectivity index (χ3n) is 5.58. The molecule has 1 saturated heterocycles. The van der Waals surface area contributed by atoms with Crippen LogP contribution in [0.25, 0.3) is 11.0 Å². The van der Waals surface area contributed by atoms with Gasteiger partial charge in [0.2, 0.25) is 5.91 Å². The molecule has 1 fully saturated rings. The van der Waals surface area contributed by atoms with E-state index in [1.165, 1.54) is 0 Å². The first-order chi connectivity index (χ1) is 15.2. The molecule has 0 unspecified atom stereocenters. The molecule has 4 heterocycles. The number of benzene rings is 1. The molecule has 5 rings (SSSR count). The Labute approximate surface area is 179 Å². The number of rotatable bonds is 4. The summed E-state index contributed by atoms with van der Waals surface area (Å²) in [5.41, 5.74) is 1.54. The summed E-state index contributed by atoms with van der Waals surface area (Å²) in [6.07, 6.45) is 4.23. The number of nitrogens with one attached hydrogen (secondary N) is 1. The van der Waals surface area contributed by atoms with Crippen LogP contribution in [0.3, 0.4) is 0 Å². The molecule has 162 valence electrons. The van der Waals surface area contributed by atoms with E-state index >= 15 is 0 Å². The molecule has 1 N–H and O–H groups in total. The van der Waals surface area contributed by atoms with E-state index in [0.717, 1.165) is 55.2 Å². The number of carbonyl (C=O) groups is 1. The number of aromatic nitrogens is 4. The van der Waals surface area contributed by atoms with Gasteiger partial charge in [0.1, 0.15) is 12.1 Å². The summed E-state index contributed by atoms with van der Waals surface area (Å²) >= 11 is 0. The molecule has 1 amide bonds. The van der Waals surface area contributed by atoms with Gasteiger partial charge >= 0.3 is 0 Å². The van der Waals surface area contributed by atoms with Gasteiger partial charge in [0.25, 0.3) is 0 Å². The first-order valence-corrected chi connectivity index (χ1v) is 10.5. The smallest absolute Gasteiger partial charge is 0.238 e. The molecule has 0 saturated carbocycles. The lowest BCUT2D eigenvalue weighted by Gasteiger charge is -2.35. The van der Waals surface area contributed by atoms with Crippen LogP contribution in [0, 0.1) is 0 Å². The van der Waals surface area contributed by atoms with Gasteiger partial charge in [0.05, 0.1) is 31.3 Å². The van der Waals surface area contributed by atoms with Crippen LogP contribution in [0.15, 0.2) is 30.7 Å². The Kier molecular flexibility index (Phi) is 5.29. The lowest BCUT2D eigenvalue weighted by molar-refractivity contribution is -0.117. The summed E-state index contributed by atoms with van der Waals surface area (Å²) in [6, 6.07) is 5.51. The predicted octanol–water partition coefficient (Wildman–Crippen LogP) is 1.29. The molecule has 1 aromatic carbocycles. The maximum Gasteiger partial charge on any atom is 0.238 e. The highest BCUT2D eigenvalue weighted by Crippen LogP contribution is 2.32. The number of carbonyl (C=O) groups excluding carboxylic acids is 1. The van der Waals surface area contributed by atoms with E-state index < -0.39 is 0 Å². The van der Waals surface area contributed by atoms with Crippen LogP contribution in [-0.4, -0.2) is 76.5 Å². The van der Waals surface area contributed by atoms with Crippen molar-refractivity contribution in [2.24, 2.45) is 7.05 Å². The zero-order valence-corrected chi connectivity index (χ0v) is 17.5. The lowest BCUT2D eigenvalue weighted by Crippen LogP contribution is -2.49. The Hall–Kier alpha value is -3.40. The summed E-state index contributed by atoms with van der Waals surface area (Å²) in [6.45, 7) is 4.74. The molecule has 0 spiro atoms. The SMILES string of the molecule is Cn1ncc2c(N3CCN(CC(=O)Nc4ccc5c(c4)OCCCO5)CC3)ncnc21. The summed E-state index contributed by atoms with van der Waals surface area (Å²) in [5.74, 6) is 2.25. The zero-order valence-electron chi connectivity index (χ0n) is 17.5. The predicted molar refractivity (Wildman–Crippen MR) is 116 cm³/mol. The normalized spacial score (nSPS) is 16.9. The highest BCUT2D eigenvalue weighted by molar-refractivity contribution is 5.92. The van der Waals surface area contributed by atoms with Gasteiger partial charge in [-0.05, 0) is 12.1 Å². The Bertz CT molecular complexity index is 1090. The second-order valence-corrected chi connectivity index (χ2v) is 7.73. The average molecular weight is 423 g/mol. The molecule has 0 atom stereocenters. The minimum Gasteiger partial charge on any atom is -0.490 e. The van der Waals surface area contributed by atoms with Gasteiger partial charge in [0.15, 0.2) is 17.1 Å². The highest BCUT2D eigenvalue weighted by atomic mass is 16.5. The molecule has 3 aromatic rings. The number of fused-ring (bicyclic) bond motifs is 2. The molecule has 10 heteroatoms. The summed E-state index contributed by atoms with van der Waals surface area (Å²) in [4.78, 5) is 25.7. The van der Waals surface area contributed by atoms with Gasteiger partial charge in [-0.3, -0.25) is 14.4 Å². The van der Waals surface area contributed by atoms with Crippen molar-refractivity contribution in [2.45, 2.75) is 6.42 Å². The summed E-state index contributed by atoms with van der Waals surface area (Å²) in [7, 11) is 1.87. The molecule has 31 heavy (non-hydrogen) atoms. The van der Waals surface area contributed by atoms with Crippen molar-refractivity contribution < 1.29 is 14.3 Å². The van der Waals surface area contributed by atoms with Crippen molar-refractivity contribution in [3.8, 4) is 11.5 Å². The van der Waals surface area contributed by atoms with Crippen LogP contribution < -0.4 is 19.7 Å². The third kappa shape index (κ3) is 4.11. The summed E-state index contributed by atoms with van der Waals surface area (Å²) < 4.78 is 13.1. The fourth-order valence-corrected chi connectivity index (χ4v) is 3.96. The lowest BCUT2D eigenvalue weighted by atomic mass is 10.2. The van der Waals surface area contributed by atoms with E-state index in [2.05, 4.69) is 30.2 Å². The molecule has 0 aliphatic carbocycles. The van der Waals surface area contributed by atoms with Gasteiger partial charge < -0.3 is 19.7 Å². The van der Waals surface area contributed by atoms with E-state index in [-0.39, 0.29) is 5.91 Å². The van der Waals surface area contributed by atoms with Crippen LogP contribution in [0.4, 0.5) is 11.5 Å². The Balaban J connectivity index is 1.17. The highest BCUT2D eigenvalue weighted by Gasteiger charge is 2.22. The molecule has 0 bridgehead atoms. The number of piperazine rings is 1. The van der Waals surface area contributed by atoms with Crippen molar-refractivity contribution in [3.05, 3.63) is 30.7 Å². The summed E-state index contributed by atoms with van der Waals surface area (Å²) in [5, 5.41) is 8.20. The van der Waals surface area contributed by atoms with Crippen LogP contribution in [0.1, 0.15) is 6.42 Å². The zero-order chi connectivity index (χ0) is 21.2. The van der Waals surface area contributed by atoms with Gasteiger partial charge in [-0.15, -0.1) is 0 Å². The number of nitrogens with zero attached hydrogens (tertiary/aromatic N) is 6. The van der Waals surface area contributed by atoms with Crippen LogP contribution in [-0.2, 0) is 11.8 Å². The Morgan fingerprint density at radius 1 is 1.10 bits per heavy atom. The monoisotopic (exact) mass is 423 g/mol. The quantitative estimate of drug-likeness (QED) is 0.670. The van der Waals surface area contributed by atoms with Crippen molar-refractivity contribution in [1.29, 1.82) is 0 Å². The first kappa shape index (κ1) is 19.6. The maximum atomic E-state index is 12.6. The first-order valence-electron chi connectivity index (χ1n) is 10.5. The van der Waals surface area contributed by atoms with Gasteiger partial charge in [-0.1, -0.05) is 0 Å². The molecular weight excluding hydrogens is 398 g/mol. The number of anilines is 2. The Morgan fingerprint density at radius 3 is 2.74 bits per heavy atom.